The van der Waals surface area contributed by atoms with Crippen molar-refractivity contribution in [3.8, 4) is 0 Å². The zero-order valence-electron chi connectivity index (χ0n) is 16.5. The second-order valence-corrected chi connectivity index (χ2v) is 7.51. The number of hydrogen-bond donors (Lipinski definition) is 1. The molecule has 2 aromatic rings. The Bertz CT molecular complexity index is 654. The molecule has 0 unspecified atom stereocenters. The van der Waals surface area contributed by atoms with Gasteiger partial charge in [0.1, 0.15) is 0 Å². The van der Waals surface area contributed by atoms with Crippen LogP contribution in [0, 0.1) is 11.8 Å². The van der Waals surface area contributed by atoms with Gasteiger partial charge in [-0.1, -0.05) is 80.9 Å². The van der Waals surface area contributed by atoms with Gasteiger partial charge in [0.15, 0.2) is 0 Å². The van der Waals surface area contributed by atoms with Gasteiger partial charge in [-0.25, -0.2) is 0 Å². The lowest BCUT2D eigenvalue weighted by molar-refractivity contribution is -0.143. The molecule has 3 atom stereocenters. The summed E-state index contributed by atoms with van der Waals surface area (Å²) in [6, 6.07) is 20.4. The molecule has 0 aromatic heterocycles. The van der Waals surface area contributed by atoms with E-state index in [2.05, 4.69) is 26.0 Å². The summed E-state index contributed by atoms with van der Waals surface area (Å²) < 4.78 is 5.81. The third-order valence-electron chi connectivity index (χ3n) is 5.03. The van der Waals surface area contributed by atoms with Crippen molar-refractivity contribution in [2.45, 2.75) is 52.1 Å². The molecule has 0 radical (unpaired) electrons. The van der Waals surface area contributed by atoms with E-state index in [0.717, 1.165) is 18.4 Å². The van der Waals surface area contributed by atoms with Crippen LogP contribution in [0.3, 0.4) is 0 Å². The molecule has 0 amide bonds. The fourth-order valence-corrected chi connectivity index (χ4v) is 3.64. The maximum Gasteiger partial charge on any atom is 0.306 e. The molecule has 0 saturated heterocycles. The Balaban J connectivity index is 1.88. The van der Waals surface area contributed by atoms with Gasteiger partial charge in [0.25, 0.3) is 0 Å². The monoisotopic (exact) mass is 368 g/mol. The average Bonchev–Trinajstić information content (AvgIpc) is 2.68. The second-order valence-electron chi connectivity index (χ2n) is 7.51. The van der Waals surface area contributed by atoms with E-state index in [1.54, 1.807) is 0 Å². The highest BCUT2D eigenvalue weighted by Gasteiger charge is 2.25. The van der Waals surface area contributed by atoms with Gasteiger partial charge in [-0.3, -0.25) is 4.79 Å². The molecule has 3 heteroatoms. The van der Waals surface area contributed by atoms with E-state index in [9.17, 15) is 9.90 Å². The smallest absolute Gasteiger partial charge is 0.306 e. The molecule has 0 aliphatic heterocycles. The minimum Gasteiger partial charge on any atom is -0.481 e. The van der Waals surface area contributed by atoms with Crippen LogP contribution in [-0.2, 0) is 16.1 Å². The molecule has 0 aliphatic rings. The largest absolute Gasteiger partial charge is 0.481 e. The van der Waals surface area contributed by atoms with Crippen LogP contribution in [0.1, 0.15) is 56.6 Å². The highest BCUT2D eigenvalue weighted by atomic mass is 16.5. The first-order valence-electron chi connectivity index (χ1n) is 9.99. The van der Waals surface area contributed by atoms with Crippen LogP contribution in [0.4, 0.5) is 0 Å². The molecule has 146 valence electrons. The number of carboxylic acid groups (broad SMARTS) is 1. The summed E-state index contributed by atoms with van der Waals surface area (Å²) >= 11 is 0. The third-order valence-corrected chi connectivity index (χ3v) is 5.03. The summed E-state index contributed by atoms with van der Waals surface area (Å²) in [7, 11) is 0. The van der Waals surface area contributed by atoms with Crippen molar-refractivity contribution < 1.29 is 14.6 Å². The molecule has 3 nitrogen and oxygen atoms in total. The summed E-state index contributed by atoms with van der Waals surface area (Å²) in [4.78, 5) is 11.9. The zero-order chi connectivity index (χ0) is 19.5. The first-order valence-corrected chi connectivity index (χ1v) is 9.99. The summed E-state index contributed by atoms with van der Waals surface area (Å²) in [5.74, 6) is -0.512. The normalized spacial score (nSPS) is 14.4. The average molecular weight is 369 g/mol. The van der Waals surface area contributed by atoms with Gasteiger partial charge >= 0.3 is 5.97 Å². The van der Waals surface area contributed by atoms with Crippen LogP contribution in [0.25, 0.3) is 0 Å². The fourth-order valence-electron chi connectivity index (χ4n) is 3.64. The Kier molecular flexibility index (Phi) is 9.06. The lowest BCUT2D eigenvalue weighted by atomic mass is 9.82. The van der Waals surface area contributed by atoms with Crippen molar-refractivity contribution in [2.75, 3.05) is 6.61 Å². The van der Waals surface area contributed by atoms with Gasteiger partial charge in [0.2, 0.25) is 0 Å². The van der Waals surface area contributed by atoms with Gasteiger partial charge in [-0.05, 0) is 42.2 Å². The number of rotatable bonds is 12. The second kappa shape index (κ2) is 11.6. The van der Waals surface area contributed by atoms with Gasteiger partial charge in [0, 0.05) is 6.61 Å². The molecule has 0 heterocycles. The highest BCUT2D eigenvalue weighted by molar-refractivity contribution is 5.70. The molecule has 2 rings (SSSR count). The van der Waals surface area contributed by atoms with Crippen LogP contribution in [0.2, 0.25) is 0 Å². The van der Waals surface area contributed by atoms with Crippen LogP contribution >= 0.6 is 0 Å². The summed E-state index contributed by atoms with van der Waals surface area (Å²) in [5.41, 5.74) is 2.39. The molecule has 27 heavy (non-hydrogen) atoms. The maximum atomic E-state index is 11.9. The third kappa shape index (κ3) is 7.56. The van der Waals surface area contributed by atoms with E-state index in [1.807, 2.05) is 48.5 Å². The molecule has 0 spiro atoms. The topological polar surface area (TPSA) is 46.5 Å². The van der Waals surface area contributed by atoms with Crippen LogP contribution < -0.4 is 0 Å². The van der Waals surface area contributed by atoms with Gasteiger partial charge in [-0.15, -0.1) is 0 Å². The quantitative estimate of drug-likeness (QED) is 0.507. The molecule has 0 bridgehead atoms. The zero-order valence-corrected chi connectivity index (χ0v) is 16.5. The van der Waals surface area contributed by atoms with E-state index >= 15 is 0 Å². The van der Waals surface area contributed by atoms with Gasteiger partial charge in [0.05, 0.1) is 12.5 Å². The standard InChI is InChI=1S/C24H32O3/c1-3-10-22(21-13-8-5-9-14-21)16-23(24(25)26)15-19(2)17-27-18-20-11-6-4-7-12-20/h4-9,11-14,19,22-23H,3,10,15-18H2,1-2H3,(H,25,26)/t19-,22+,23+/m0/s1. The van der Waals surface area contributed by atoms with E-state index < -0.39 is 5.97 Å². The first kappa shape index (κ1) is 21.2. The Morgan fingerprint density at radius 3 is 2.22 bits per heavy atom. The highest BCUT2D eigenvalue weighted by Crippen LogP contribution is 2.31. The Hall–Kier alpha value is -2.13. The maximum absolute atomic E-state index is 11.9. The summed E-state index contributed by atoms with van der Waals surface area (Å²) in [5, 5.41) is 9.75. The van der Waals surface area contributed by atoms with E-state index in [4.69, 9.17) is 4.74 Å². The molecular formula is C24H32O3. The Labute approximate surface area is 163 Å². The molecule has 0 saturated carbocycles. The van der Waals surface area contributed by atoms with Crippen molar-refractivity contribution in [2.24, 2.45) is 11.8 Å². The van der Waals surface area contributed by atoms with Crippen molar-refractivity contribution in [1.82, 2.24) is 0 Å². The van der Waals surface area contributed by atoms with Crippen molar-refractivity contribution in [1.29, 1.82) is 0 Å². The van der Waals surface area contributed by atoms with Gasteiger partial charge in [-0.2, -0.15) is 0 Å². The fraction of sp³-hybridized carbons (Fsp3) is 0.458. The van der Waals surface area contributed by atoms with Crippen LogP contribution in [0.15, 0.2) is 60.7 Å². The molecular weight excluding hydrogens is 336 g/mol. The lowest BCUT2D eigenvalue weighted by Crippen LogP contribution is -2.21. The predicted molar refractivity (Wildman–Crippen MR) is 110 cm³/mol. The number of hydrogen-bond acceptors (Lipinski definition) is 2. The van der Waals surface area contributed by atoms with Gasteiger partial charge < -0.3 is 9.84 Å². The lowest BCUT2D eigenvalue weighted by Gasteiger charge is -2.23. The number of ether oxygens (including phenoxy) is 1. The number of benzene rings is 2. The molecule has 1 N–H and O–H groups in total. The summed E-state index contributed by atoms with van der Waals surface area (Å²) in [6.45, 7) is 5.40. The predicted octanol–water partition coefficient (Wildman–Crippen LogP) is 5.90. The van der Waals surface area contributed by atoms with Crippen LogP contribution in [-0.4, -0.2) is 17.7 Å². The Morgan fingerprint density at radius 2 is 1.63 bits per heavy atom. The number of aliphatic carboxylic acids is 1. The van der Waals surface area contributed by atoms with Crippen molar-refractivity contribution in [3.05, 3.63) is 71.8 Å². The molecule has 0 aliphatic carbocycles. The summed E-state index contributed by atoms with van der Waals surface area (Å²) in [6.07, 6.45) is 3.42. The van der Waals surface area contributed by atoms with E-state index in [1.165, 1.54) is 5.56 Å². The van der Waals surface area contributed by atoms with E-state index in [0.29, 0.717) is 32.0 Å². The Morgan fingerprint density at radius 1 is 1.00 bits per heavy atom. The first-order chi connectivity index (χ1) is 13.1. The van der Waals surface area contributed by atoms with Crippen molar-refractivity contribution >= 4 is 5.97 Å². The van der Waals surface area contributed by atoms with Crippen molar-refractivity contribution in [3.63, 3.8) is 0 Å². The molecule has 2 aromatic carbocycles. The SMILES string of the molecule is CCC[C@H](C[C@@H](C[C@H](C)COCc1ccccc1)C(=O)O)c1ccccc1. The minimum atomic E-state index is -0.693. The number of carbonyl (C=O) groups is 1. The minimum absolute atomic E-state index is 0.216. The van der Waals surface area contributed by atoms with E-state index in [-0.39, 0.29) is 11.8 Å². The van der Waals surface area contributed by atoms with Crippen LogP contribution in [0.5, 0.6) is 0 Å². The number of carboxylic acids is 1. The molecule has 0 fully saturated rings.